The molecule has 2 N–H and O–H groups in total. The van der Waals surface area contributed by atoms with Gasteiger partial charge >= 0.3 is 6.09 Å². The molecule has 1 aliphatic heterocycles. The Hall–Kier alpha value is -0.970. The number of ether oxygens (including phenoxy) is 1. The minimum atomic E-state index is -1.06. The highest BCUT2D eigenvalue weighted by Gasteiger charge is 2.33. The van der Waals surface area contributed by atoms with Crippen LogP contribution in [-0.4, -0.2) is 30.0 Å². The van der Waals surface area contributed by atoms with Crippen molar-refractivity contribution >= 4 is 29.3 Å². The summed E-state index contributed by atoms with van der Waals surface area (Å²) in [5, 5.41) is 12.2. The van der Waals surface area contributed by atoms with Crippen molar-refractivity contribution in [2.75, 3.05) is 6.61 Å². The molecule has 4 nitrogen and oxygen atoms in total. The normalized spacial score (nSPS) is 19.8. The fraction of sp³-hybridized carbons (Fsp3) is 0.364. The van der Waals surface area contributed by atoms with Gasteiger partial charge in [-0.15, -0.1) is 0 Å². The van der Waals surface area contributed by atoms with Crippen LogP contribution in [0.25, 0.3) is 0 Å². The summed E-state index contributed by atoms with van der Waals surface area (Å²) < 4.78 is 5.11. The monoisotopic (exact) mass is 275 g/mol. The van der Waals surface area contributed by atoms with Crippen LogP contribution in [0.4, 0.5) is 4.79 Å². The van der Waals surface area contributed by atoms with E-state index in [1.807, 2.05) is 0 Å². The Kier molecular flexibility index (Phi) is 3.76. The number of halogens is 2. The van der Waals surface area contributed by atoms with Crippen LogP contribution in [0.5, 0.6) is 0 Å². The quantitative estimate of drug-likeness (QED) is 0.831. The predicted molar refractivity (Wildman–Crippen MR) is 64.9 cm³/mol. The van der Waals surface area contributed by atoms with Crippen LogP contribution in [0.15, 0.2) is 18.2 Å². The van der Waals surface area contributed by atoms with Crippen molar-refractivity contribution < 1.29 is 14.6 Å². The van der Waals surface area contributed by atoms with Gasteiger partial charge in [0.05, 0.1) is 12.6 Å². The maximum atomic E-state index is 10.6. The van der Waals surface area contributed by atoms with Crippen LogP contribution in [0.2, 0.25) is 10.0 Å². The van der Waals surface area contributed by atoms with Gasteiger partial charge in [0.1, 0.15) is 6.10 Å². The van der Waals surface area contributed by atoms with Crippen LogP contribution < -0.4 is 5.32 Å². The number of hydrogen-bond acceptors (Lipinski definition) is 2. The van der Waals surface area contributed by atoms with Gasteiger partial charge in [0.2, 0.25) is 0 Å². The fourth-order valence-electron chi connectivity index (χ4n) is 1.70. The van der Waals surface area contributed by atoms with E-state index in [9.17, 15) is 4.79 Å². The third-order valence-electron chi connectivity index (χ3n) is 2.49. The van der Waals surface area contributed by atoms with E-state index >= 15 is 0 Å². The number of benzene rings is 1. The molecule has 0 unspecified atom stereocenters. The first-order chi connectivity index (χ1) is 8.04. The van der Waals surface area contributed by atoms with Crippen LogP contribution in [0, 0.1) is 0 Å². The molecule has 0 bridgehead atoms. The van der Waals surface area contributed by atoms with Crippen molar-refractivity contribution in [1.82, 2.24) is 5.32 Å². The molecule has 17 heavy (non-hydrogen) atoms. The van der Waals surface area contributed by atoms with Gasteiger partial charge in [0.25, 0.3) is 0 Å². The first-order valence-corrected chi connectivity index (χ1v) is 5.86. The summed E-state index contributed by atoms with van der Waals surface area (Å²) in [6, 6.07) is 4.92. The summed E-state index contributed by atoms with van der Waals surface area (Å²) in [5.41, 5.74) is 0.886. The molecule has 92 valence electrons. The molecule has 6 heteroatoms. The van der Waals surface area contributed by atoms with E-state index in [0.717, 1.165) is 5.56 Å². The molecular weight excluding hydrogens is 265 g/mol. The number of epoxide rings is 1. The molecule has 1 fully saturated rings. The van der Waals surface area contributed by atoms with Crippen LogP contribution in [0.3, 0.4) is 0 Å². The lowest BCUT2D eigenvalue weighted by molar-refractivity contribution is 0.186. The molecule has 1 aliphatic rings. The second-order valence-electron chi connectivity index (χ2n) is 3.91. The van der Waals surface area contributed by atoms with Gasteiger partial charge in [-0.2, -0.15) is 0 Å². The Labute approximate surface area is 108 Å². The topological polar surface area (TPSA) is 61.9 Å². The van der Waals surface area contributed by atoms with Gasteiger partial charge in [-0.1, -0.05) is 23.2 Å². The molecule has 2 rings (SSSR count). The average molecular weight is 276 g/mol. The highest BCUT2D eigenvalue weighted by molar-refractivity contribution is 6.34. The summed E-state index contributed by atoms with van der Waals surface area (Å²) in [6.45, 7) is 0.583. The molecule has 1 aromatic rings. The Morgan fingerprint density at radius 3 is 2.53 bits per heavy atom. The maximum absolute atomic E-state index is 10.6. The number of carbonyl (C=O) groups is 1. The highest BCUT2D eigenvalue weighted by atomic mass is 35.5. The maximum Gasteiger partial charge on any atom is 0.404 e. The van der Waals surface area contributed by atoms with Gasteiger partial charge in [-0.3, -0.25) is 0 Å². The minimum Gasteiger partial charge on any atom is -0.465 e. The highest BCUT2D eigenvalue weighted by Crippen LogP contribution is 2.23. The van der Waals surface area contributed by atoms with Gasteiger partial charge in [-0.25, -0.2) is 4.79 Å². The number of rotatable bonds is 4. The van der Waals surface area contributed by atoms with E-state index in [4.69, 9.17) is 33.0 Å². The lowest BCUT2D eigenvalue weighted by atomic mass is 10.0. The molecular formula is C11H11Cl2NO3. The van der Waals surface area contributed by atoms with Crippen molar-refractivity contribution in [2.45, 2.75) is 18.6 Å². The van der Waals surface area contributed by atoms with E-state index in [-0.39, 0.29) is 12.1 Å². The molecule has 2 atom stereocenters. The zero-order valence-electron chi connectivity index (χ0n) is 8.82. The second-order valence-corrected chi connectivity index (χ2v) is 4.78. The Morgan fingerprint density at radius 1 is 1.47 bits per heavy atom. The van der Waals surface area contributed by atoms with E-state index in [1.54, 1.807) is 18.2 Å². The Morgan fingerprint density at radius 2 is 2.06 bits per heavy atom. The average Bonchev–Trinajstić information content (AvgIpc) is 2.96. The zero-order chi connectivity index (χ0) is 12.4. The summed E-state index contributed by atoms with van der Waals surface area (Å²) >= 11 is 11.8. The summed E-state index contributed by atoms with van der Waals surface area (Å²) in [6.07, 6.45) is -0.598. The largest absolute Gasteiger partial charge is 0.465 e. The molecule has 1 amide bonds. The summed E-state index contributed by atoms with van der Waals surface area (Å²) in [4.78, 5) is 10.6. The molecule has 0 spiro atoms. The van der Waals surface area contributed by atoms with E-state index < -0.39 is 6.09 Å². The van der Waals surface area contributed by atoms with Crippen molar-refractivity contribution in [1.29, 1.82) is 0 Å². The second kappa shape index (κ2) is 5.12. The van der Waals surface area contributed by atoms with Crippen molar-refractivity contribution in [2.24, 2.45) is 0 Å². The smallest absolute Gasteiger partial charge is 0.404 e. The van der Waals surface area contributed by atoms with Gasteiger partial charge in [0.15, 0.2) is 0 Å². The first kappa shape index (κ1) is 12.5. The zero-order valence-corrected chi connectivity index (χ0v) is 10.3. The summed E-state index contributed by atoms with van der Waals surface area (Å²) in [7, 11) is 0. The first-order valence-electron chi connectivity index (χ1n) is 5.10. The third kappa shape index (κ3) is 3.77. The molecule has 0 aliphatic carbocycles. The fourth-order valence-corrected chi connectivity index (χ4v) is 2.28. The van der Waals surface area contributed by atoms with Gasteiger partial charge < -0.3 is 15.2 Å². The van der Waals surface area contributed by atoms with E-state index in [0.29, 0.717) is 23.1 Å². The predicted octanol–water partition coefficient (Wildman–Crippen LogP) is 2.57. The van der Waals surface area contributed by atoms with Gasteiger partial charge in [0, 0.05) is 10.0 Å². The molecule has 1 saturated heterocycles. The number of hydrogen-bond donors (Lipinski definition) is 2. The van der Waals surface area contributed by atoms with Crippen LogP contribution in [0.1, 0.15) is 5.56 Å². The number of nitrogens with one attached hydrogen (secondary N) is 1. The number of amides is 1. The lowest BCUT2D eigenvalue weighted by Gasteiger charge is -2.14. The Bertz CT molecular complexity index is 414. The number of carboxylic acid groups (broad SMARTS) is 1. The van der Waals surface area contributed by atoms with Crippen LogP contribution >= 0.6 is 23.2 Å². The molecule has 1 heterocycles. The van der Waals surface area contributed by atoms with E-state index in [1.165, 1.54) is 0 Å². The molecule has 0 aromatic heterocycles. The lowest BCUT2D eigenvalue weighted by Crippen LogP contribution is -2.39. The minimum absolute atomic E-state index is 0.0520. The standard InChI is InChI=1S/C11H11Cl2NO3/c12-7-1-6(2-8(13)4-7)3-9(10-5-17-10)14-11(15)16/h1-2,4,9-10,14H,3,5H2,(H,15,16)/t9-,10+/m0/s1. The van der Waals surface area contributed by atoms with E-state index in [2.05, 4.69) is 5.32 Å². The Balaban J connectivity index is 2.08. The van der Waals surface area contributed by atoms with Crippen molar-refractivity contribution in [3.8, 4) is 0 Å². The summed E-state index contributed by atoms with van der Waals surface area (Å²) in [5.74, 6) is 0. The van der Waals surface area contributed by atoms with Crippen molar-refractivity contribution in [3.05, 3.63) is 33.8 Å². The van der Waals surface area contributed by atoms with Crippen LogP contribution in [-0.2, 0) is 11.2 Å². The van der Waals surface area contributed by atoms with Crippen molar-refractivity contribution in [3.63, 3.8) is 0 Å². The SMILES string of the molecule is O=C(O)N[C@@H](Cc1cc(Cl)cc(Cl)c1)[C@H]1CO1. The third-order valence-corrected chi connectivity index (χ3v) is 2.93. The molecule has 0 saturated carbocycles. The molecule has 1 aromatic carbocycles. The molecule has 0 radical (unpaired) electrons. The van der Waals surface area contributed by atoms with Gasteiger partial charge in [-0.05, 0) is 30.2 Å².